The third-order valence-electron chi connectivity index (χ3n) is 2.29. The number of nitrogens with one attached hydrogen (secondary N) is 2. The Morgan fingerprint density at radius 1 is 1.15 bits per heavy atom. The molecule has 1 aromatic carbocycles. The summed E-state index contributed by atoms with van der Waals surface area (Å²) in [4.78, 5) is 22.0. The minimum Gasteiger partial charge on any atom is -0.508 e. The number of aromatic hydroxyl groups is 1. The van der Waals surface area contributed by atoms with Crippen LogP contribution in [-0.4, -0.2) is 36.2 Å². The molecule has 0 aliphatic rings. The first-order valence-corrected chi connectivity index (χ1v) is 5.73. The Balaban J connectivity index is 2.25. The zero-order valence-electron chi connectivity index (χ0n) is 10.3. The molecule has 1 rings (SSSR count). The maximum Gasteiger partial charge on any atom is 0.471 e. The first kappa shape index (κ1) is 15.8. The molecule has 5 nitrogen and oxygen atoms in total. The van der Waals surface area contributed by atoms with Crippen LogP contribution in [-0.2, 0) is 4.79 Å². The summed E-state index contributed by atoms with van der Waals surface area (Å²) in [5.41, 5.74) is 0.240. The highest BCUT2D eigenvalue weighted by molar-refractivity contribution is 5.94. The number of benzene rings is 1. The van der Waals surface area contributed by atoms with E-state index >= 15 is 0 Å². The number of phenols is 1. The number of hydrogen-bond donors (Lipinski definition) is 3. The molecule has 8 heteroatoms. The Morgan fingerprint density at radius 2 is 1.80 bits per heavy atom. The van der Waals surface area contributed by atoms with Gasteiger partial charge < -0.3 is 15.7 Å². The summed E-state index contributed by atoms with van der Waals surface area (Å²) in [6, 6.07) is 5.65. The third kappa shape index (κ3) is 5.17. The second kappa shape index (κ2) is 6.78. The number of carbonyl (C=O) groups is 2. The molecule has 2 amide bonds. The molecule has 3 N–H and O–H groups in total. The standard InChI is InChI=1S/C12H13F3N2O3/c13-12(14,15)11(20)17-6-2-5-16-10(19)8-3-1-4-9(18)7-8/h1,3-4,7,18H,2,5-6H2,(H,16,19)(H,17,20). The van der Waals surface area contributed by atoms with Crippen molar-refractivity contribution in [1.29, 1.82) is 0 Å². The summed E-state index contributed by atoms with van der Waals surface area (Å²) >= 11 is 0. The lowest BCUT2D eigenvalue weighted by Gasteiger charge is -2.08. The first-order valence-electron chi connectivity index (χ1n) is 5.73. The normalized spacial score (nSPS) is 10.9. The van der Waals surface area contributed by atoms with Crippen molar-refractivity contribution in [3.8, 4) is 5.75 Å². The molecule has 0 spiro atoms. The largest absolute Gasteiger partial charge is 0.508 e. The first-order chi connectivity index (χ1) is 9.30. The number of halogens is 3. The van der Waals surface area contributed by atoms with E-state index in [9.17, 15) is 27.9 Å². The van der Waals surface area contributed by atoms with E-state index in [1.54, 1.807) is 5.32 Å². The van der Waals surface area contributed by atoms with Gasteiger partial charge >= 0.3 is 12.1 Å². The van der Waals surface area contributed by atoms with Crippen LogP contribution >= 0.6 is 0 Å². The van der Waals surface area contributed by atoms with Crippen LogP contribution in [0.1, 0.15) is 16.8 Å². The molecule has 0 fully saturated rings. The summed E-state index contributed by atoms with van der Waals surface area (Å²) in [6.45, 7) is -0.0920. The molecule has 0 atom stereocenters. The Morgan fingerprint density at radius 3 is 2.40 bits per heavy atom. The molecule has 0 aliphatic heterocycles. The van der Waals surface area contributed by atoms with Gasteiger partial charge in [0.05, 0.1) is 0 Å². The molecule has 0 unspecified atom stereocenters. The van der Waals surface area contributed by atoms with Gasteiger partial charge in [0, 0.05) is 18.7 Å². The number of carbonyl (C=O) groups excluding carboxylic acids is 2. The van der Waals surface area contributed by atoms with E-state index in [0.717, 1.165) is 0 Å². The SMILES string of the molecule is O=C(NCCCNC(=O)C(F)(F)F)c1cccc(O)c1. The van der Waals surface area contributed by atoms with Gasteiger partial charge in [-0.05, 0) is 24.6 Å². The fourth-order valence-corrected chi connectivity index (χ4v) is 1.34. The van der Waals surface area contributed by atoms with E-state index < -0.39 is 18.0 Å². The van der Waals surface area contributed by atoms with Crippen molar-refractivity contribution in [2.45, 2.75) is 12.6 Å². The predicted molar refractivity (Wildman–Crippen MR) is 64.1 cm³/mol. The average Bonchev–Trinajstić information content (AvgIpc) is 2.36. The molecular formula is C12H13F3N2O3. The van der Waals surface area contributed by atoms with Crippen molar-refractivity contribution in [1.82, 2.24) is 10.6 Å². The fraction of sp³-hybridized carbons (Fsp3) is 0.333. The van der Waals surface area contributed by atoms with Gasteiger partial charge in [-0.1, -0.05) is 6.07 Å². The molecular weight excluding hydrogens is 277 g/mol. The zero-order valence-corrected chi connectivity index (χ0v) is 10.3. The van der Waals surface area contributed by atoms with Crippen LogP contribution in [0.2, 0.25) is 0 Å². The van der Waals surface area contributed by atoms with Gasteiger partial charge in [-0.25, -0.2) is 0 Å². The molecule has 0 saturated carbocycles. The molecule has 0 aromatic heterocycles. The van der Waals surface area contributed by atoms with Crippen molar-refractivity contribution >= 4 is 11.8 Å². The fourth-order valence-electron chi connectivity index (χ4n) is 1.34. The maximum atomic E-state index is 11.8. The van der Waals surface area contributed by atoms with Crippen molar-refractivity contribution in [3.05, 3.63) is 29.8 Å². The van der Waals surface area contributed by atoms with Crippen molar-refractivity contribution in [2.24, 2.45) is 0 Å². The summed E-state index contributed by atoms with van der Waals surface area (Å²) in [6.07, 6.45) is -4.74. The van der Waals surface area contributed by atoms with Crippen molar-refractivity contribution in [3.63, 3.8) is 0 Å². The van der Waals surface area contributed by atoms with Crippen LogP contribution < -0.4 is 10.6 Å². The minimum absolute atomic E-state index is 0.0601. The Hall–Kier alpha value is -2.25. The highest BCUT2D eigenvalue weighted by Crippen LogP contribution is 2.13. The molecule has 1 aromatic rings. The quantitative estimate of drug-likeness (QED) is 0.713. The summed E-state index contributed by atoms with van der Waals surface area (Å²) in [5.74, 6) is -2.52. The van der Waals surface area contributed by atoms with Gasteiger partial charge in [0.25, 0.3) is 5.91 Å². The molecule has 110 valence electrons. The highest BCUT2D eigenvalue weighted by Gasteiger charge is 2.38. The number of hydrogen-bond acceptors (Lipinski definition) is 3. The van der Waals surface area contributed by atoms with Crippen LogP contribution in [0.25, 0.3) is 0 Å². The Labute approximate surface area is 112 Å². The van der Waals surface area contributed by atoms with Gasteiger partial charge in [0.2, 0.25) is 0 Å². The second-order valence-electron chi connectivity index (χ2n) is 3.91. The summed E-state index contributed by atoms with van der Waals surface area (Å²) < 4.78 is 35.5. The van der Waals surface area contributed by atoms with Crippen molar-refractivity contribution in [2.75, 3.05) is 13.1 Å². The van der Waals surface area contributed by atoms with Gasteiger partial charge in [-0.2, -0.15) is 13.2 Å². The highest BCUT2D eigenvalue weighted by atomic mass is 19.4. The van der Waals surface area contributed by atoms with Gasteiger partial charge in [0.1, 0.15) is 5.75 Å². The van der Waals surface area contributed by atoms with Gasteiger partial charge in [0.15, 0.2) is 0 Å². The summed E-state index contributed by atoms with van der Waals surface area (Å²) in [5, 5.41) is 13.3. The topological polar surface area (TPSA) is 78.4 Å². The van der Waals surface area contributed by atoms with E-state index in [1.807, 2.05) is 0 Å². The van der Waals surface area contributed by atoms with Crippen LogP contribution in [0.3, 0.4) is 0 Å². The second-order valence-corrected chi connectivity index (χ2v) is 3.91. The molecule has 20 heavy (non-hydrogen) atoms. The van der Waals surface area contributed by atoms with Crippen LogP contribution in [0.5, 0.6) is 5.75 Å². The van der Waals surface area contributed by atoms with Crippen molar-refractivity contribution < 1.29 is 27.9 Å². The number of phenolic OH excluding ortho intramolecular Hbond substituents is 1. The molecule has 0 saturated heterocycles. The smallest absolute Gasteiger partial charge is 0.471 e. The van der Waals surface area contributed by atoms with Crippen LogP contribution in [0, 0.1) is 0 Å². The zero-order chi connectivity index (χ0) is 15.2. The van der Waals surface area contributed by atoms with Crippen LogP contribution in [0.15, 0.2) is 24.3 Å². The van der Waals surface area contributed by atoms with E-state index in [1.165, 1.54) is 24.3 Å². The molecule has 0 heterocycles. The average molecular weight is 290 g/mol. The van der Waals surface area contributed by atoms with E-state index in [2.05, 4.69) is 5.32 Å². The summed E-state index contributed by atoms with van der Waals surface area (Å²) in [7, 11) is 0. The molecule has 0 bridgehead atoms. The number of amides is 2. The monoisotopic (exact) mass is 290 g/mol. The number of rotatable bonds is 5. The Kier molecular flexibility index (Phi) is 5.36. The van der Waals surface area contributed by atoms with Crippen LogP contribution in [0.4, 0.5) is 13.2 Å². The maximum absolute atomic E-state index is 11.8. The third-order valence-corrected chi connectivity index (χ3v) is 2.29. The van der Waals surface area contributed by atoms with E-state index in [4.69, 9.17) is 0 Å². The molecule has 0 aliphatic carbocycles. The van der Waals surface area contributed by atoms with Gasteiger partial charge in [-0.15, -0.1) is 0 Å². The lowest BCUT2D eigenvalue weighted by molar-refractivity contribution is -0.173. The Bertz CT molecular complexity index is 489. The van der Waals surface area contributed by atoms with E-state index in [0.29, 0.717) is 0 Å². The molecule has 0 radical (unpaired) electrons. The number of alkyl halides is 3. The van der Waals surface area contributed by atoms with Gasteiger partial charge in [-0.3, -0.25) is 9.59 Å². The minimum atomic E-state index is -4.90. The lowest BCUT2D eigenvalue weighted by Crippen LogP contribution is -2.38. The lowest BCUT2D eigenvalue weighted by atomic mass is 10.2. The van der Waals surface area contributed by atoms with E-state index in [-0.39, 0.29) is 30.8 Å². The predicted octanol–water partition coefficient (Wildman–Crippen LogP) is 1.19.